The molecule has 1 heterocycles. The molecule has 0 fully saturated rings. The second kappa shape index (κ2) is 6.17. The quantitative estimate of drug-likeness (QED) is 0.877. The van der Waals surface area contributed by atoms with Gasteiger partial charge in [-0.05, 0) is 58.9 Å². The molecule has 2 aromatic rings. The van der Waals surface area contributed by atoms with E-state index in [1.54, 1.807) is 0 Å². The van der Waals surface area contributed by atoms with Crippen LogP contribution in [-0.4, -0.2) is 17.1 Å². The van der Waals surface area contributed by atoms with Crippen molar-refractivity contribution in [3.63, 3.8) is 0 Å². The summed E-state index contributed by atoms with van der Waals surface area (Å²) in [6.45, 7) is 11.5. The van der Waals surface area contributed by atoms with Crippen molar-refractivity contribution in [2.45, 2.75) is 40.2 Å². The van der Waals surface area contributed by atoms with E-state index in [-0.39, 0.29) is 5.54 Å². The molecule has 0 spiro atoms. The second-order valence-corrected chi connectivity index (χ2v) is 6.34. The molecule has 0 aliphatic rings. The molecule has 0 saturated heterocycles. The van der Waals surface area contributed by atoms with Crippen molar-refractivity contribution in [3.8, 4) is 0 Å². The Morgan fingerprint density at radius 2 is 1.71 bits per heavy atom. The van der Waals surface area contributed by atoms with Crippen molar-refractivity contribution in [2.75, 3.05) is 16.8 Å². The molecule has 112 valence electrons. The lowest BCUT2D eigenvalue weighted by atomic mass is 10.1. The first-order chi connectivity index (χ1) is 9.89. The minimum Gasteiger partial charge on any atom is -0.365 e. The molecule has 0 aliphatic carbocycles. The molecule has 1 aromatic carbocycles. The van der Waals surface area contributed by atoms with Crippen LogP contribution in [0.3, 0.4) is 0 Å². The van der Waals surface area contributed by atoms with E-state index in [1.807, 2.05) is 12.1 Å². The lowest BCUT2D eigenvalue weighted by Crippen LogP contribution is -2.27. The number of anilines is 3. The van der Waals surface area contributed by atoms with E-state index in [0.717, 1.165) is 18.2 Å². The number of hydrogen-bond acceptors (Lipinski definition) is 3. The predicted molar refractivity (Wildman–Crippen MR) is 91.5 cm³/mol. The van der Waals surface area contributed by atoms with Crippen molar-refractivity contribution >= 4 is 17.3 Å². The highest BCUT2D eigenvalue weighted by atomic mass is 15.2. The van der Waals surface area contributed by atoms with Crippen LogP contribution in [0.1, 0.15) is 33.3 Å². The zero-order chi connectivity index (χ0) is 15.5. The monoisotopic (exact) mass is 283 g/mol. The van der Waals surface area contributed by atoms with E-state index in [0.29, 0.717) is 0 Å². The van der Waals surface area contributed by atoms with E-state index in [2.05, 4.69) is 75.2 Å². The van der Waals surface area contributed by atoms with Gasteiger partial charge in [0.1, 0.15) is 11.6 Å². The average molecular weight is 283 g/mol. The molecule has 0 aliphatic heterocycles. The van der Waals surface area contributed by atoms with E-state index in [4.69, 9.17) is 4.98 Å². The Labute approximate surface area is 128 Å². The van der Waals surface area contributed by atoms with Crippen LogP contribution in [-0.2, 0) is 0 Å². The number of aryl methyl sites for hydroxylation is 1. The van der Waals surface area contributed by atoms with Gasteiger partial charge in [0.05, 0.1) is 0 Å². The normalized spacial score (nSPS) is 11.3. The first-order valence-electron chi connectivity index (χ1n) is 7.48. The Hall–Kier alpha value is -2.03. The zero-order valence-electron chi connectivity index (χ0n) is 13.6. The van der Waals surface area contributed by atoms with Gasteiger partial charge < -0.3 is 10.2 Å². The van der Waals surface area contributed by atoms with Crippen LogP contribution >= 0.6 is 0 Å². The topological polar surface area (TPSA) is 28.2 Å². The second-order valence-electron chi connectivity index (χ2n) is 6.34. The fourth-order valence-electron chi connectivity index (χ4n) is 2.23. The van der Waals surface area contributed by atoms with E-state index >= 15 is 0 Å². The Morgan fingerprint density at radius 1 is 1.05 bits per heavy atom. The number of nitrogens with one attached hydrogen (secondary N) is 1. The minimum absolute atomic E-state index is 0.00648. The summed E-state index contributed by atoms with van der Waals surface area (Å²) in [4.78, 5) is 6.96. The molecule has 0 bridgehead atoms. The Morgan fingerprint density at radius 3 is 2.29 bits per heavy atom. The highest BCUT2D eigenvalue weighted by Gasteiger charge is 2.13. The van der Waals surface area contributed by atoms with Crippen LogP contribution in [0, 0.1) is 6.92 Å². The standard InChI is InChI=1S/C18H25N3/c1-6-21(15-12-10-14(2)11-13-15)17-9-7-8-16(19-17)20-18(3,4)5/h7-13H,6H2,1-5H3,(H,19,20). The summed E-state index contributed by atoms with van der Waals surface area (Å²) in [5.74, 6) is 1.88. The molecule has 21 heavy (non-hydrogen) atoms. The fourth-order valence-corrected chi connectivity index (χ4v) is 2.23. The lowest BCUT2D eigenvalue weighted by molar-refractivity contribution is 0.630. The number of benzene rings is 1. The maximum absolute atomic E-state index is 4.74. The van der Waals surface area contributed by atoms with Crippen LogP contribution in [0.15, 0.2) is 42.5 Å². The van der Waals surface area contributed by atoms with E-state index < -0.39 is 0 Å². The summed E-state index contributed by atoms with van der Waals surface area (Å²) in [6.07, 6.45) is 0. The molecule has 2 rings (SSSR count). The third-order valence-electron chi connectivity index (χ3n) is 3.18. The van der Waals surface area contributed by atoms with Crippen LogP contribution in [0.2, 0.25) is 0 Å². The first kappa shape index (κ1) is 15.4. The number of rotatable bonds is 4. The molecule has 3 heteroatoms. The molecule has 1 N–H and O–H groups in total. The number of pyridine rings is 1. The predicted octanol–water partition coefficient (Wildman–Crippen LogP) is 4.76. The molecular weight excluding hydrogens is 258 g/mol. The molecule has 3 nitrogen and oxygen atoms in total. The summed E-state index contributed by atoms with van der Waals surface area (Å²) in [6, 6.07) is 14.7. The third kappa shape index (κ3) is 4.22. The fraction of sp³-hybridized carbons (Fsp3) is 0.389. The van der Waals surface area contributed by atoms with Gasteiger partial charge in [-0.15, -0.1) is 0 Å². The van der Waals surface area contributed by atoms with Gasteiger partial charge >= 0.3 is 0 Å². The molecule has 0 atom stereocenters. The minimum atomic E-state index is 0.00648. The van der Waals surface area contributed by atoms with Gasteiger partial charge in [0, 0.05) is 17.8 Å². The summed E-state index contributed by atoms with van der Waals surface area (Å²) < 4.78 is 0. The smallest absolute Gasteiger partial charge is 0.135 e. The number of nitrogens with zero attached hydrogens (tertiary/aromatic N) is 2. The highest BCUT2D eigenvalue weighted by Crippen LogP contribution is 2.25. The SMILES string of the molecule is CCN(c1ccc(C)cc1)c1cccc(NC(C)(C)C)n1. The highest BCUT2D eigenvalue weighted by molar-refractivity contribution is 5.61. The van der Waals surface area contributed by atoms with Crippen LogP contribution in [0.25, 0.3) is 0 Å². The molecular formula is C18H25N3. The maximum atomic E-state index is 4.74. The van der Waals surface area contributed by atoms with Gasteiger partial charge in [-0.1, -0.05) is 23.8 Å². The van der Waals surface area contributed by atoms with Crippen molar-refractivity contribution in [1.82, 2.24) is 4.98 Å². The number of aromatic nitrogens is 1. The third-order valence-corrected chi connectivity index (χ3v) is 3.18. The van der Waals surface area contributed by atoms with Gasteiger partial charge in [-0.3, -0.25) is 0 Å². The van der Waals surface area contributed by atoms with Gasteiger partial charge in [0.15, 0.2) is 0 Å². The Balaban J connectivity index is 2.30. The maximum Gasteiger partial charge on any atom is 0.135 e. The van der Waals surface area contributed by atoms with Crippen molar-refractivity contribution in [2.24, 2.45) is 0 Å². The molecule has 1 aromatic heterocycles. The summed E-state index contributed by atoms with van der Waals surface area (Å²) >= 11 is 0. The summed E-state index contributed by atoms with van der Waals surface area (Å²) in [7, 11) is 0. The van der Waals surface area contributed by atoms with Gasteiger partial charge in [0.2, 0.25) is 0 Å². The van der Waals surface area contributed by atoms with E-state index in [1.165, 1.54) is 11.3 Å². The largest absolute Gasteiger partial charge is 0.365 e. The van der Waals surface area contributed by atoms with Crippen LogP contribution in [0.5, 0.6) is 0 Å². The number of hydrogen-bond donors (Lipinski definition) is 1. The van der Waals surface area contributed by atoms with E-state index in [9.17, 15) is 0 Å². The van der Waals surface area contributed by atoms with Gasteiger partial charge in [-0.25, -0.2) is 4.98 Å². The van der Waals surface area contributed by atoms with Crippen molar-refractivity contribution in [3.05, 3.63) is 48.0 Å². The Kier molecular flexibility index (Phi) is 4.51. The molecule has 0 radical (unpaired) electrons. The average Bonchev–Trinajstić information content (AvgIpc) is 2.40. The van der Waals surface area contributed by atoms with Gasteiger partial charge in [0.25, 0.3) is 0 Å². The van der Waals surface area contributed by atoms with Crippen molar-refractivity contribution in [1.29, 1.82) is 0 Å². The molecule has 0 saturated carbocycles. The Bertz CT molecular complexity index is 582. The summed E-state index contributed by atoms with van der Waals surface area (Å²) in [5.41, 5.74) is 2.45. The first-order valence-corrected chi connectivity index (χ1v) is 7.48. The molecule has 0 amide bonds. The van der Waals surface area contributed by atoms with Gasteiger partial charge in [-0.2, -0.15) is 0 Å². The zero-order valence-corrected chi connectivity index (χ0v) is 13.6. The van der Waals surface area contributed by atoms with Crippen LogP contribution in [0.4, 0.5) is 17.3 Å². The lowest BCUT2D eigenvalue weighted by Gasteiger charge is -2.25. The van der Waals surface area contributed by atoms with Crippen LogP contribution < -0.4 is 10.2 Å². The van der Waals surface area contributed by atoms with Crippen molar-refractivity contribution < 1.29 is 0 Å². The molecule has 0 unspecified atom stereocenters. The summed E-state index contributed by atoms with van der Waals surface area (Å²) in [5, 5.41) is 3.42.